The van der Waals surface area contributed by atoms with E-state index in [0.717, 1.165) is 21.9 Å². The number of aliphatic hydroxyl groups excluding tert-OH is 1. The summed E-state index contributed by atoms with van der Waals surface area (Å²) < 4.78 is 0. The largest absolute Gasteiger partial charge is 0.384 e. The standard InChI is InChI=1S/C19H17NO3/c1-12-10-11-14-6-3-4-7-16(14)18(12)19(21)15-8-5-9-17(13(15)2)20(22)23/h3-11,19,21H,1-2H3/t19-/m0/s1. The first-order valence-electron chi connectivity index (χ1n) is 7.41. The molecule has 0 aromatic heterocycles. The molecular weight excluding hydrogens is 290 g/mol. The first-order chi connectivity index (χ1) is 11.0. The Bertz CT molecular complexity index is 902. The fourth-order valence-electron chi connectivity index (χ4n) is 3.06. The molecule has 0 bridgehead atoms. The van der Waals surface area contributed by atoms with Crippen molar-refractivity contribution in [2.45, 2.75) is 20.0 Å². The first-order valence-corrected chi connectivity index (χ1v) is 7.41. The molecule has 3 aromatic carbocycles. The minimum Gasteiger partial charge on any atom is -0.384 e. The van der Waals surface area contributed by atoms with Crippen LogP contribution in [-0.4, -0.2) is 10.0 Å². The van der Waals surface area contributed by atoms with Gasteiger partial charge >= 0.3 is 0 Å². The fraction of sp³-hybridized carbons (Fsp3) is 0.158. The molecule has 0 saturated carbocycles. The highest BCUT2D eigenvalue weighted by Crippen LogP contribution is 2.35. The molecule has 0 amide bonds. The quantitative estimate of drug-likeness (QED) is 0.574. The molecule has 1 atom stereocenters. The van der Waals surface area contributed by atoms with E-state index in [0.29, 0.717) is 11.1 Å². The molecule has 3 aromatic rings. The van der Waals surface area contributed by atoms with E-state index >= 15 is 0 Å². The monoisotopic (exact) mass is 307 g/mol. The van der Waals surface area contributed by atoms with Crippen molar-refractivity contribution in [2.75, 3.05) is 0 Å². The molecule has 0 aliphatic heterocycles. The molecule has 0 radical (unpaired) electrons. The fourth-order valence-corrected chi connectivity index (χ4v) is 3.06. The lowest BCUT2D eigenvalue weighted by molar-refractivity contribution is -0.385. The van der Waals surface area contributed by atoms with Crippen LogP contribution >= 0.6 is 0 Å². The summed E-state index contributed by atoms with van der Waals surface area (Å²) in [6.07, 6.45) is -0.902. The molecule has 0 saturated heterocycles. The number of nitro groups is 1. The lowest BCUT2D eigenvalue weighted by Gasteiger charge is -2.18. The highest BCUT2D eigenvalue weighted by atomic mass is 16.6. The number of rotatable bonds is 3. The average molecular weight is 307 g/mol. The maximum absolute atomic E-state index is 11.1. The van der Waals surface area contributed by atoms with E-state index in [-0.39, 0.29) is 5.69 Å². The van der Waals surface area contributed by atoms with Gasteiger partial charge in [-0.3, -0.25) is 10.1 Å². The van der Waals surface area contributed by atoms with Crippen LogP contribution in [-0.2, 0) is 0 Å². The molecule has 116 valence electrons. The van der Waals surface area contributed by atoms with E-state index in [1.807, 2.05) is 43.3 Å². The van der Waals surface area contributed by atoms with Crippen LogP contribution in [0.4, 0.5) is 5.69 Å². The molecule has 4 nitrogen and oxygen atoms in total. The van der Waals surface area contributed by atoms with E-state index in [9.17, 15) is 15.2 Å². The van der Waals surface area contributed by atoms with Gasteiger partial charge in [0.05, 0.1) is 4.92 Å². The Kier molecular flexibility index (Phi) is 3.84. The van der Waals surface area contributed by atoms with Crippen molar-refractivity contribution in [3.05, 3.63) is 87.0 Å². The van der Waals surface area contributed by atoms with Crippen LogP contribution in [0.1, 0.15) is 28.4 Å². The van der Waals surface area contributed by atoms with E-state index in [1.165, 1.54) is 6.07 Å². The normalized spacial score (nSPS) is 12.3. The minimum absolute atomic E-state index is 0.0273. The lowest BCUT2D eigenvalue weighted by atomic mass is 9.90. The Balaban J connectivity index is 2.22. The third-order valence-corrected chi connectivity index (χ3v) is 4.30. The van der Waals surface area contributed by atoms with Crippen molar-refractivity contribution in [1.82, 2.24) is 0 Å². The first kappa shape index (κ1) is 15.2. The Hall–Kier alpha value is -2.72. The molecule has 1 N–H and O–H groups in total. The Morgan fingerprint density at radius 2 is 1.74 bits per heavy atom. The summed E-state index contributed by atoms with van der Waals surface area (Å²) in [6, 6.07) is 16.6. The van der Waals surface area contributed by atoms with Gasteiger partial charge in [-0.1, -0.05) is 48.5 Å². The molecule has 3 rings (SSSR count). The average Bonchev–Trinajstić information content (AvgIpc) is 2.54. The predicted molar refractivity (Wildman–Crippen MR) is 90.6 cm³/mol. The minimum atomic E-state index is -0.902. The number of nitro benzene ring substituents is 1. The zero-order valence-corrected chi connectivity index (χ0v) is 13.0. The van der Waals surface area contributed by atoms with Crippen LogP contribution in [0.3, 0.4) is 0 Å². The third kappa shape index (κ3) is 2.58. The number of benzene rings is 3. The van der Waals surface area contributed by atoms with E-state index in [4.69, 9.17) is 0 Å². The molecule has 0 fully saturated rings. The molecular formula is C19H17NO3. The summed E-state index contributed by atoms with van der Waals surface area (Å²) in [7, 11) is 0. The van der Waals surface area contributed by atoms with Gasteiger partial charge in [0.1, 0.15) is 6.10 Å². The lowest BCUT2D eigenvalue weighted by Crippen LogP contribution is -2.06. The predicted octanol–water partition coefficient (Wildman–Crippen LogP) is 4.45. The van der Waals surface area contributed by atoms with E-state index < -0.39 is 11.0 Å². The van der Waals surface area contributed by atoms with Gasteiger partial charge in [-0.15, -0.1) is 0 Å². The summed E-state index contributed by atoms with van der Waals surface area (Å²) in [5.74, 6) is 0. The molecule has 0 aliphatic rings. The van der Waals surface area contributed by atoms with Gasteiger partial charge in [0.2, 0.25) is 0 Å². The van der Waals surface area contributed by atoms with Gasteiger partial charge in [-0.25, -0.2) is 0 Å². The van der Waals surface area contributed by atoms with E-state index in [2.05, 4.69) is 0 Å². The number of nitrogens with zero attached hydrogens (tertiary/aromatic N) is 1. The zero-order valence-electron chi connectivity index (χ0n) is 13.0. The molecule has 0 spiro atoms. The Labute approximate surface area is 134 Å². The number of fused-ring (bicyclic) bond motifs is 1. The van der Waals surface area contributed by atoms with Crippen LogP contribution in [0.5, 0.6) is 0 Å². The van der Waals surface area contributed by atoms with Crippen molar-refractivity contribution in [1.29, 1.82) is 0 Å². The van der Waals surface area contributed by atoms with Crippen molar-refractivity contribution < 1.29 is 10.0 Å². The molecule has 0 unspecified atom stereocenters. The summed E-state index contributed by atoms with van der Waals surface area (Å²) in [5.41, 5.74) is 2.85. The summed E-state index contributed by atoms with van der Waals surface area (Å²) in [4.78, 5) is 10.7. The number of hydrogen-bond acceptors (Lipinski definition) is 3. The van der Waals surface area contributed by atoms with Crippen molar-refractivity contribution in [2.24, 2.45) is 0 Å². The topological polar surface area (TPSA) is 63.4 Å². The van der Waals surface area contributed by atoms with Gasteiger partial charge < -0.3 is 5.11 Å². The van der Waals surface area contributed by atoms with Crippen LogP contribution in [0.15, 0.2) is 54.6 Å². The number of hydrogen-bond donors (Lipinski definition) is 1. The number of aryl methyl sites for hydroxylation is 1. The van der Waals surface area contributed by atoms with Crippen LogP contribution in [0.25, 0.3) is 10.8 Å². The highest BCUT2D eigenvalue weighted by molar-refractivity contribution is 5.87. The third-order valence-electron chi connectivity index (χ3n) is 4.30. The smallest absolute Gasteiger partial charge is 0.272 e. The molecule has 23 heavy (non-hydrogen) atoms. The van der Waals surface area contributed by atoms with Crippen LogP contribution in [0.2, 0.25) is 0 Å². The second-order valence-electron chi connectivity index (χ2n) is 5.67. The summed E-state index contributed by atoms with van der Waals surface area (Å²) >= 11 is 0. The Morgan fingerprint density at radius 3 is 2.48 bits per heavy atom. The van der Waals surface area contributed by atoms with Crippen molar-refractivity contribution in [3.63, 3.8) is 0 Å². The number of aliphatic hydroxyl groups is 1. The van der Waals surface area contributed by atoms with Crippen LogP contribution < -0.4 is 0 Å². The summed E-state index contributed by atoms with van der Waals surface area (Å²) in [5, 5.41) is 24.1. The summed E-state index contributed by atoms with van der Waals surface area (Å²) in [6.45, 7) is 3.62. The second-order valence-corrected chi connectivity index (χ2v) is 5.67. The SMILES string of the molecule is Cc1ccc2ccccc2c1[C@@H](O)c1cccc([N+](=O)[O-])c1C. The Morgan fingerprint density at radius 1 is 1.00 bits per heavy atom. The van der Waals surface area contributed by atoms with Gasteiger partial charge in [0.15, 0.2) is 0 Å². The van der Waals surface area contributed by atoms with E-state index in [1.54, 1.807) is 19.1 Å². The van der Waals surface area contributed by atoms with Gasteiger partial charge in [-0.05, 0) is 41.3 Å². The molecule has 0 heterocycles. The highest BCUT2D eigenvalue weighted by Gasteiger charge is 2.22. The van der Waals surface area contributed by atoms with Crippen LogP contribution in [0, 0.1) is 24.0 Å². The van der Waals surface area contributed by atoms with Gasteiger partial charge in [0, 0.05) is 11.6 Å². The second kappa shape index (κ2) is 5.82. The maximum atomic E-state index is 11.1. The van der Waals surface area contributed by atoms with Gasteiger partial charge in [0.25, 0.3) is 5.69 Å². The maximum Gasteiger partial charge on any atom is 0.272 e. The van der Waals surface area contributed by atoms with Gasteiger partial charge in [-0.2, -0.15) is 0 Å². The zero-order chi connectivity index (χ0) is 16.6. The molecule has 4 heteroatoms. The molecule has 0 aliphatic carbocycles. The van der Waals surface area contributed by atoms with Crippen molar-refractivity contribution in [3.8, 4) is 0 Å². The van der Waals surface area contributed by atoms with Crippen molar-refractivity contribution >= 4 is 16.5 Å².